The highest BCUT2D eigenvalue weighted by atomic mass is 35.5. The zero-order valence-electron chi connectivity index (χ0n) is 12.0. The molecule has 1 aliphatic rings. The van der Waals surface area contributed by atoms with E-state index in [-0.39, 0.29) is 6.04 Å². The van der Waals surface area contributed by atoms with Crippen molar-refractivity contribution in [3.63, 3.8) is 0 Å². The normalized spacial score (nSPS) is 25.3. The van der Waals surface area contributed by atoms with Crippen LogP contribution in [0.4, 0.5) is 0 Å². The van der Waals surface area contributed by atoms with Crippen molar-refractivity contribution < 1.29 is 0 Å². The number of hydrogen-bond acceptors (Lipinski definition) is 2. The van der Waals surface area contributed by atoms with Crippen molar-refractivity contribution in [3.8, 4) is 0 Å². The molecule has 2 nitrogen and oxygen atoms in total. The molecule has 0 bridgehead atoms. The topological polar surface area (TPSA) is 38.0 Å². The second-order valence-electron chi connectivity index (χ2n) is 5.84. The van der Waals surface area contributed by atoms with Gasteiger partial charge in [-0.1, -0.05) is 49.9 Å². The SMILES string of the molecule is CCC1CCC(C(NN)c2ccc(Cl)c(C)c2)CC1. The molecule has 0 radical (unpaired) electrons. The average Bonchev–Trinajstić information content (AvgIpc) is 2.44. The Kier molecular flexibility index (Phi) is 5.26. The minimum Gasteiger partial charge on any atom is -0.271 e. The first-order valence-corrected chi connectivity index (χ1v) is 7.75. The Morgan fingerprint density at radius 3 is 2.53 bits per heavy atom. The fraction of sp³-hybridized carbons (Fsp3) is 0.625. The summed E-state index contributed by atoms with van der Waals surface area (Å²) in [5.74, 6) is 7.37. The lowest BCUT2D eigenvalue weighted by molar-refractivity contribution is 0.219. The third kappa shape index (κ3) is 3.50. The Hall–Kier alpha value is -0.570. The Bertz CT molecular complexity index is 411. The van der Waals surface area contributed by atoms with Gasteiger partial charge in [-0.25, -0.2) is 0 Å². The van der Waals surface area contributed by atoms with Gasteiger partial charge < -0.3 is 0 Å². The number of aryl methyl sites for hydroxylation is 1. The zero-order chi connectivity index (χ0) is 13.8. The molecule has 1 saturated carbocycles. The molecule has 3 N–H and O–H groups in total. The summed E-state index contributed by atoms with van der Waals surface area (Å²) in [5.41, 5.74) is 5.42. The maximum Gasteiger partial charge on any atom is 0.0488 e. The Labute approximate surface area is 121 Å². The highest BCUT2D eigenvalue weighted by Gasteiger charge is 2.27. The molecule has 1 fully saturated rings. The molecule has 1 aromatic rings. The highest BCUT2D eigenvalue weighted by Crippen LogP contribution is 2.38. The third-order valence-electron chi connectivity index (χ3n) is 4.66. The summed E-state index contributed by atoms with van der Waals surface area (Å²) in [5, 5.41) is 0.828. The molecule has 1 aliphatic carbocycles. The van der Waals surface area contributed by atoms with Crippen molar-refractivity contribution in [1.29, 1.82) is 0 Å². The second kappa shape index (κ2) is 6.74. The van der Waals surface area contributed by atoms with Crippen molar-refractivity contribution in [2.24, 2.45) is 17.7 Å². The van der Waals surface area contributed by atoms with Crippen molar-refractivity contribution in [3.05, 3.63) is 34.3 Å². The van der Waals surface area contributed by atoms with Gasteiger partial charge in [-0.3, -0.25) is 11.3 Å². The van der Waals surface area contributed by atoms with E-state index in [9.17, 15) is 0 Å². The third-order valence-corrected chi connectivity index (χ3v) is 5.08. The van der Waals surface area contributed by atoms with Crippen LogP contribution in [0, 0.1) is 18.8 Å². The Morgan fingerprint density at radius 1 is 1.32 bits per heavy atom. The molecule has 3 heteroatoms. The lowest BCUT2D eigenvalue weighted by Gasteiger charge is -2.33. The predicted molar refractivity (Wildman–Crippen MR) is 82.0 cm³/mol. The Balaban J connectivity index is 2.09. The standard InChI is InChI=1S/C16H25ClN2/c1-3-12-4-6-13(7-5-12)16(19-18)14-8-9-15(17)11(2)10-14/h8-10,12-13,16,19H,3-7,18H2,1-2H3. The monoisotopic (exact) mass is 280 g/mol. The smallest absolute Gasteiger partial charge is 0.0488 e. The van der Waals surface area contributed by atoms with E-state index in [1.807, 2.05) is 13.0 Å². The summed E-state index contributed by atoms with van der Waals surface area (Å²) >= 11 is 6.10. The van der Waals surface area contributed by atoms with Crippen LogP contribution in [0.1, 0.15) is 56.2 Å². The van der Waals surface area contributed by atoms with E-state index in [0.717, 1.165) is 16.5 Å². The number of nitrogens with two attached hydrogens (primary N) is 1. The summed E-state index contributed by atoms with van der Waals surface area (Å²) < 4.78 is 0. The van der Waals surface area contributed by atoms with E-state index in [2.05, 4.69) is 24.5 Å². The molecule has 0 heterocycles. The molecule has 1 atom stereocenters. The highest BCUT2D eigenvalue weighted by molar-refractivity contribution is 6.31. The van der Waals surface area contributed by atoms with Crippen molar-refractivity contribution in [1.82, 2.24) is 5.43 Å². The van der Waals surface area contributed by atoms with Crippen molar-refractivity contribution in [2.45, 2.75) is 52.0 Å². The van der Waals surface area contributed by atoms with E-state index in [0.29, 0.717) is 5.92 Å². The van der Waals surface area contributed by atoms with Crippen molar-refractivity contribution in [2.75, 3.05) is 0 Å². The first-order chi connectivity index (χ1) is 9.15. The molecule has 2 rings (SSSR count). The molecule has 106 valence electrons. The van der Waals surface area contributed by atoms with Gasteiger partial charge in [0.15, 0.2) is 0 Å². The fourth-order valence-corrected chi connectivity index (χ4v) is 3.41. The van der Waals surface area contributed by atoms with Gasteiger partial charge >= 0.3 is 0 Å². The van der Waals surface area contributed by atoms with Gasteiger partial charge in [-0.05, 0) is 48.8 Å². The van der Waals surface area contributed by atoms with Gasteiger partial charge in [-0.2, -0.15) is 0 Å². The number of nitrogens with one attached hydrogen (secondary N) is 1. The average molecular weight is 281 g/mol. The second-order valence-corrected chi connectivity index (χ2v) is 6.25. The van der Waals surface area contributed by atoms with E-state index in [4.69, 9.17) is 17.4 Å². The minimum absolute atomic E-state index is 0.258. The molecule has 1 aromatic carbocycles. The van der Waals surface area contributed by atoms with Gasteiger partial charge in [0.1, 0.15) is 0 Å². The first-order valence-electron chi connectivity index (χ1n) is 7.37. The van der Waals surface area contributed by atoms with Crippen LogP contribution in [0.3, 0.4) is 0 Å². The van der Waals surface area contributed by atoms with Crippen molar-refractivity contribution >= 4 is 11.6 Å². The van der Waals surface area contributed by atoms with Gasteiger partial charge in [-0.15, -0.1) is 0 Å². The molecule has 0 amide bonds. The van der Waals surface area contributed by atoms with E-state index in [1.165, 1.54) is 37.7 Å². The van der Waals surface area contributed by atoms with Crippen LogP contribution < -0.4 is 11.3 Å². The molecule has 0 aliphatic heterocycles. The molecule has 1 unspecified atom stereocenters. The van der Waals surface area contributed by atoms with Gasteiger partial charge in [0, 0.05) is 11.1 Å². The lowest BCUT2D eigenvalue weighted by atomic mass is 9.76. The summed E-state index contributed by atoms with van der Waals surface area (Å²) in [7, 11) is 0. The maximum atomic E-state index is 6.10. The van der Waals surface area contributed by atoms with E-state index in [1.54, 1.807) is 0 Å². The number of benzene rings is 1. The molecule has 0 spiro atoms. The van der Waals surface area contributed by atoms with Crippen LogP contribution >= 0.6 is 11.6 Å². The molecular formula is C16H25ClN2. The molecule has 19 heavy (non-hydrogen) atoms. The predicted octanol–water partition coefficient (Wildman–Crippen LogP) is 4.37. The molecule has 0 aromatic heterocycles. The quantitative estimate of drug-likeness (QED) is 0.635. The summed E-state index contributed by atoms with van der Waals surface area (Å²) in [6.45, 7) is 4.35. The minimum atomic E-state index is 0.258. The largest absolute Gasteiger partial charge is 0.271 e. The Morgan fingerprint density at radius 2 is 2.00 bits per heavy atom. The summed E-state index contributed by atoms with van der Waals surface area (Å²) in [4.78, 5) is 0. The van der Waals surface area contributed by atoms with Crippen LogP contribution in [-0.2, 0) is 0 Å². The zero-order valence-corrected chi connectivity index (χ0v) is 12.7. The molecule has 0 saturated heterocycles. The summed E-state index contributed by atoms with van der Waals surface area (Å²) in [6.07, 6.45) is 6.54. The van der Waals surface area contributed by atoms with Crippen LogP contribution in [0.15, 0.2) is 18.2 Å². The van der Waals surface area contributed by atoms with Gasteiger partial charge in [0.05, 0.1) is 0 Å². The number of halogens is 1. The number of hydrogen-bond donors (Lipinski definition) is 2. The van der Waals surface area contributed by atoms with Gasteiger partial charge in [0.2, 0.25) is 0 Å². The van der Waals surface area contributed by atoms with E-state index >= 15 is 0 Å². The molecular weight excluding hydrogens is 256 g/mol. The van der Waals surface area contributed by atoms with Crippen LogP contribution in [0.25, 0.3) is 0 Å². The van der Waals surface area contributed by atoms with Crippen LogP contribution in [0.2, 0.25) is 5.02 Å². The first kappa shape index (κ1) is 14.8. The van der Waals surface area contributed by atoms with Crippen LogP contribution in [-0.4, -0.2) is 0 Å². The van der Waals surface area contributed by atoms with Crippen LogP contribution in [0.5, 0.6) is 0 Å². The lowest BCUT2D eigenvalue weighted by Crippen LogP contribution is -2.35. The maximum absolute atomic E-state index is 6.10. The number of rotatable bonds is 4. The fourth-order valence-electron chi connectivity index (χ4n) is 3.30. The summed E-state index contributed by atoms with van der Waals surface area (Å²) in [6, 6.07) is 6.51. The number of hydrazine groups is 1. The van der Waals surface area contributed by atoms with E-state index < -0.39 is 0 Å². The van der Waals surface area contributed by atoms with Gasteiger partial charge in [0.25, 0.3) is 0 Å².